The molecular formula is C18H21NO3. The predicted octanol–water partition coefficient (Wildman–Crippen LogP) is 3.72. The number of carbonyl (C=O) groups is 1. The molecule has 22 heavy (non-hydrogen) atoms. The predicted molar refractivity (Wildman–Crippen MR) is 87.6 cm³/mol. The molecule has 0 aliphatic heterocycles. The standard InChI is InChI=1S/C18H21NO3/c1-12-9-10-15(11-13(12)2)19-18(20)14(3)22-17-8-6-5-7-16(17)21-4/h5-11,14H,1-4H3,(H,19,20). The first-order valence-corrected chi connectivity index (χ1v) is 7.19. The second-order valence-electron chi connectivity index (χ2n) is 5.20. The van der Waals surface area contributed by atoms with Gasteiger partial charge in [0.1, 0.15) is 0 Å². The van der Waals surface area contributed by atoms with Crippen molar-refractivity contribution in [3.63, 3.8) is 0 Å². The van der Waals surface area contributed by atoms with Crippen molar-refractivity contribution in [3.8, 4) is 11.5 Å². The van der Waals surface area contributed by atoms with E-state index in [4.69, 9.17) is 9.47 Å². The molecule has 1 unspecified atom stereocenters. The van der Waals surface area contributed by atoms with E-state index in [1.165, 1.54) is 5.56 Å². The van der Waals surface area contributed by atoms with E-state index in [1.807, 2.05) is 44.2 Å². The van der Waals surface area contributed by atoms with E-state index in [9.17, 15) is 4.79 Å². The van der Waals surface area contributed by atoms with E-state index < -0.39 is 6.10 Å². The third-order valence-corrected chi connectivity index (χ3v) is 3.52. The van der Waals surface area contributed by atoms with Gasteiger partial charge in [-0.15, -0.1) is 0 Å². The highest BCUT2D eigenvalue weighted by Crippen LogP contribution is 2.27. The Balaban J connectivity index is 2.04. The third kappa shape index (κ3) is 3.79. The van der Waals surface area contributed by atoms with Crippen LogP contribution in [0.5, 0.6) is 11.5 Å². The minimum Gasteiger partial charge on any atom is -0.493 e. The molecule has 2 rings (SSSR count). The molecule has 0 aromatic heterocycles. The quantitative estimate of drug-likeness (QED) is 0.915. The van der Waals surface area contributed by atoms with Gasteiger partial charge in [-0.05, 0) is 56.2 Å². The summed E-state index contributed by atoms with van der Waals surface area (Å²) in [4.78, 5) is 12.2. The fourth-order valence-electron chi connectivity index (χ4n) is 2.02. The van der Waals surface area contributed by atoms with Crippen molar-refractivity contribution in [2.24, 2.45) is 0 Å². The molecule has 0 bridgehead atoms. The van der Waals surface area contributed by atoms with Gasteiger partial charge in [0.05, 0.1) is 7.11 Å². The number of para-hydroxylation sites is 2. The molecule has 4 nitrogen and oxygen atoms in total. The number of carbonyl (C=O) groups excluding carboxylic acids is 1. The summed E-state index contributed by atoms with van der Waals surface area (Å²) in [5, 5.41) is 2.86. The first kappa shape index (κ1) is 15.9. The van der Waals surface area contributed by atoms with Crippen LogP contribution in [-0.4, -0.2) is 19.1 Å². The Morgan fingerprint density at radius 2 is 1.73 bits per heavy atom. The highest BCUT2D eigenvalue weighted by molar-refractivity contribution is 5.94. The SMILES string of the molecule is COc1ccccc1OC(C)C(=O)Nc1ccc(C)c(C)c1. The van der Waals surface area contributed by atoms with Crippen LogP contribution in [-0.2, 0) is 4.79 Å². The molecule has 1 atom stereocenters. The molecule has 0 heterocycles. The van der Waals surface area contributed by atoms with Gasteiger partial charge in [-0.3, -0.25) is 4.79 Å². The van der Waals surface area contributed by atoms with Gasteiger partial charge in [0.2, 0.25) is 0 Å². The van der Waals surface area contributed by atoms with Gasteiger partial charge in [-0.1, -0.05) is 18.2 Å². The van der Waals surface area contributed by atoms with Gasteiger partial charge in [-0.2, -0.15) is 0 Å². The van der Waals surface area contributed by atoms with Crippen LogP contribution in [0.25, 0.3) is 0 Å². The molecule has 1 N–H and O–H groups in total. The summed E-state index contributed by atoms with van der Waals surface area (Å²) >= 11 is 0. The zero-order chi connectivity index (χ0) is 16.1. The maximum atomic E-state index is 12.2. The van der Waals surface area contributed by atoms with Gasteiger partial charge in [-0.25, -0.2) is 0 Å². The summed E-state index contributed by atoms with van der Waals surface area (Å²) in [5.74, 6) is 0.954. The van der Waals surface area contributed by atoms with Crippen LogP contribution in [0, 0.1) is 13.8 Å². The van der Waals surface area contributed by atoms with Gasteiger partial charge in [0.25, 0.3) is 5.91 Å². The van der Waals surface area contributed by atoms with Crippen LogP contribution in [0.1, 0.15) is 18.1 Å². The van der Waals surface area contributed by atoms with Crippen molar-refractivity contribution in [3.05, 3.63) is 53.6 Å². The Morgan fingerprint density at radius 3 is 2.36 bits per heavy atom. The molecule has 0 aliphatic carbocycles. The lowest BCUT2D eigenvalue weighted by Crippen LogP contribution is -2.30. The lowest BCUT2D eigenvalue weighted by atomic mass is 10.1. The minimum absolute atomic E-state index is 0.200. The summed E-state index contributed by atoms with van der Waals surface area (Å²) in [5.41, 5.74) is 3.09. The third-order valence-electron chi connectivity index (χ3n) is 3.52. The fourth-order valence-corrected chi connectivity index (χ4v) is 2.02. The number of methoxy groups -OCH3 is 1. The average Bonchev–Trinajstić information content (AvgIpc) is 2.51. The van der Waals surface area contributed by atoms with Gasteiger partial charge in [0, 0.05) is 5.69 Å². The number of benzene rings is 2. The summed E-state index contributed by atoms with van der Waals surface area (Å²) < 4.78 is 10.9. The smallest absolute Gasteiger partial charge is 0.265 e. The molecule has 0 fully saturated rings. The Labute approximate surface area is 131 Å². The van der Waals surface area contributed by atoms with Gasteiger partial charge < -0.3 is 14.8 Å². The first-order valence-electron chi connectivity index (χ1n) is 7.19. The Bertz CT molecular complexity index is 667. The molecule has 2 aromatic carbocycles. The van der Waals surface area contributed by atoms with E-state index in [2.05, 4.69) is 5.32 Å². The maximum absolute atomic E-state index is 12.2. The van der Waals surface area contributed by atoms with Crippen molar-refractivity contribution in [2.45, 2.75) is 26.9 Å². The normalized spacial score (nSPS) is 11.6. The number of hydrogen-bond acceptors (Lipinski definition) is 3. The van der Waals surface area contributed by atoms with Crippen LogP contribution in [0.2, 0.25) is 0 Å². The van der Waals surface area contributed by atoms with E-state index in [1.54, 1.807) is 26.2 Å². The van der Waals surface area contributed by atoms with Crippen LogP contribution >= 0.6 is 0 Å². The zero-order valence-electron chi connectivity index (χ0n) is 13.3. The van der Waals surface area contributed by atoms with Crippen LogP contribution in [0.15, 0.2) is 42.5 Å². The van der Waals surface area contributed by atoms with Gasteiger partial charge >= 0.3 is 0 Å². The number of nitrogens with one attached hydrogen (secondary N) is 1. The molecular weight excluding hydrogens is 278 g/mol. The molecule has 0 radical (unpaired) electrons. The average molecular weight is 299 g/mol. The highest BCUT2D eigenvalue weighted by Gasteiger charge is 2.16. The number of aryl methyl sites for hydroxylation is 2. The Hall–Kier alpha value is -2.49. The summed E-state index contributed by atoms with van der Waals surface area (Å²) in [6.07, 6.45) is -0.627. The molecule has 4 heteroatoms. The van der Waals surface area contributed by atoms with Crippen LogP contribution in [0.4, 0.5) is 5.69 Å². The lowest BCUT2D eigenvalue weighted by molar-refractivity contribution is -0.122. The molecule has 2 aromatic rings. The Kier molecular flexibility index (Phi) is 5.04. The molecule has 0 spiro atoms. The number of anilines is 1. The highest BCUT2D eigenvalue weighted by atomic mass is 16.5. The molecule has 116 valence electrons. The van der Waals surface area contributed by atoms with Crippen LogP contribution < -0.4 is 14.8 Å². The molecule has 0 saturated heterocycles. The summed E-state index contributed by atoms with van der Waals surface area (Å²) in [6, 6.07) is 13.1. The van der Waals surface area contributed by atoms with Crippen molar-refractivity contribution < 1.29 is 14.3 Å². The minimum atomic E-state index is -0.627. The Morgan fingerprint density at radius 1 is 1.05 bits per heavy atom. The molecule has 0 saturated carbocycles. The van der Waals surface area contributed by atoms with Crippen molar-refractivity contribution in [2.75, 3.05) is 12.4 Å². The fraction of sp³-hybridized carbons (Fsp3) is 0.278. The number of hydrogen-bond donors (Lipinski definition) is 1. The van der Waals surface area contributed by atoms with Crippen molar-refractivity contribution >= 4 is 11.6 Å². The van der Waals surface area contributed by atoms with Crippen LogP contribution in [0.3, 0.4) is 0 Å². The summed E-state index contributed by atoms with van der Waals surface area (Å²) in [6.45, 7) is 5.76. The van der Waals surface area contributed by atoms with E-state index in [-0.39, 0.29) is 5.91 Å². The van der Waals surface area contributed by atoms with E-state index in [0.29, 0.717) is 11.5 Å². The molecule has 1 amide bonds. The first-order chi connectivity index (χ1) is 10.5. The van der Waals surface area contributed by atoms with Crippen molar-refractivity contribution in [1.29, 1.82) is 0 Å². The van der Waals surface area contributed by atoms with E-state index in [0.717, 1.165) is 11.3 Å². The number of rotatable bonds is 5. The number of amides is 1. The second-order valence-corrected chi connectivity index (χ2v) is 5.20. The monoisotopic (exact) mass is 299 g/mol. The van der Waals surface area contributed by atoms with Gasteiger partial charge in [0.15, 0.2) is 17.6 Å². The summed E-state index contributed by atoms with van der Waals surface area (Å²) in [7, 11) is 1.57. The lowest BCUT2D eigenvalue weighted by Gasteiger charge is -2.17. The maximum Gasteiger partial charge on any atom is 0.265 e. The topological polar surface area (TPSA) is 47.6 Å². The molecule has 0 aliphatic rings. The largest absolute Gasteiger partial charge is 0.493 e. The second kappa shape index (κ2) is 6.98. The number of ether oxygens (including phenoxy) is 2. The van der Waals surface area contributed by atoms with Crippen molar-refractivity contribution in [1.82, 2.24) is 0 Å². The van der Waals surface area contributed by atoms with E-state index >= 15 is 0 Å². The zero-order valence-corrected chi connectivity index (χ0v) is 13.3.